The Bertz CT molecular complexity index is 540. The van der Waals surface area contributed by atoms with E-state index in [9.17, 15) is 9.90 Å². The number of amides is 2. The van der Waals surface area contributed by atoms with Crippen LogP contribution in [0.25, 0.3) is 0 Å². The standard InChI is InChI=1S/C17H22N2O3/c20-16(15-9-12-22-13-15)8-11-19-17(21)18-10-4-7-14-5-2-1-3-6-14/h1-3,5-6,9,12-13,16,20H,4,7-8,10-11H2,(H2,18,19,21)/t16-/m0/s1. The molecule has 5 heteroatoms. The Morgan fingerprint density at radius 2 is 1.91 bits per heavy atom. The average Bonchev–Trinajstić information content (AvgIpc) is 3.07. The SMILES string of the molecule is O=C(NCCCc1ccccc1)NCC[C@H](O)c1ccoc1. The van der Waals surface area contributed by atoms with Gasteiger partial charge in [-0.2, -0.15) is 0 Å². The summed E-state index contributed by atoms with van der Waals surface area (Å²) in [5.74, 6) is 0. The molecule has 3 N–H and O–H groups in total. The Kier molecular flexibility index (Phi) is 6.51. The van der Waals surface area contributed by atoms with Crippen LogP contribution in [0.5, 0.6) is 0 Å². The van der Waals surface area contributed by atoms with Crippen LogP contribution in [-0.4, -0.2) is 24.2 Å². The molecule has 2 aromatic rings. The van der Waals surface area contributed by atoms with Crippen molar-refractivity contribution in [2.24, 2.45) is 0 Å². The molecule has 0 spiro atoms. The molecule has 0 aliphatic carbocycles. The molecule has 0 bridgehead atoms. The molecule has 0 fully saturated rings. The average molecular weight is 302 g/mol. The van der Waals surface area contributed by atoms with E-state index < -0.39 is 6.10 Å². The van der Waals surface area contributed by atoms with Gasteiger partial charge in [-0.05, 0) is 30.9 Å². The van der Waals surface area contributed by atoms with Crippen LogP contribution in [0.1, 0.15) is 30.1 Å². The Morgan fingerprint density at radius 1 is 1.14 bits per heavy atom. The highest BCUT2D eigenvalue weighted by Gasteiger charge is 2.09. The van der Waals surface area contributed by atoms with E-state index >= 15 is 0 Å². The molecule has 118 valence electrons. The summed E-state index contributed by atoms with van der Waals surface area (Å²) in [7, 11) is 0. The van der Waals surface area contributed by atoms with Crippen LogP contribution in [0, 0.1) is 0 Å². The van der Waals surface area contributed by atoms with Gasteiger partial charge in [-0.15, -0.1) is 0 Å². The largest absolute Gasteiger partial charge is 0.472 e. The molecule has 0 aliphatic heterocycles. The molecule has 22 heavy (non-hydrogen) atoms. The van der Waals surface area contributed by atoms with Gasteiger partial charge in [-0.1, -0.05) is 30.3 Å². The number of benzene rings is 1. The maximum Gasteiger partial charge on any atom is 0.314 e. The molecule has 1 atom stereocenters. The van der Waals surface area contributed by atoms with Crippen molar-refractivity contribution in [2.75, 3.05) is 13.1 Å². The van der Waals surface area contributed by atoms with E-state index in [2.05, 4.69) is 22.8 Å². The lowest BCUT2D eigenvalue weighted by Gasteiger charge is -2.10. The minimum Gasteiger partial charge on any atom is -0.472 e. The van der Waals surface area contributed by atoms with Crippen molar-refractivity contribution >= 4 is 6.03 Å². The summed E-state index contributed by atoms with van der Waals surface area (Å²) in [6.07, 6.45) is 4.71. The molecule has 2 amide bonds. The van der Waals surface area contributed by atoms with Gasteiger partial charge in [0.1, 0.15) is 0 Å². The molecular formula is C17H22N2O3. The van der Waals surface area contributed by atoms with Crippen molar-refractivity contribution in [2.45, 2.75) is 25.4 Å². The minimum atomic E-state index is -0.614. The number of nitrogens with one attached hydrogen (secondary N) is 2. The van der Waals surface area contributed by atoms with Crippen molar-refractivity contribution < 1.29 is 14.3 Å². The van der Waals surface area contributed by atoms with Crippen LogP contribution in [-0.2, 0) is 6.42 Å². The number of urea groups is 1. The maximum absolute atomic E-state index is 11.6. The summed E-state index contributed by atoms with van der Waals surface area (Å²) in [5.41, 5.74) is 2.00. The van der Waals surface area contributed by atoms with Crippen LogP contribution in [0.4, 0.5) is 4.79 Å². The Hall–Kier alpha value is -2.27. The first kappa shape index (κ1) is 16.1. The summed E-state index contributed by atoms with van der Waals surface area (Å²) >= 11 is 0. The number of furan rings is 1. The fourth-order valence-corrected chi connectivity index (χ4v) is 2.16. The maximum atomic E-state index is 11.6. The zero-order valence-electron chi connectivity index (χ0n) is 12.5. The third-order valence-corrected chi connectivity index (χ3v) is 3.40. The molecule has 0 saturated heterocycles. The van der Waals surface area contributed by atoms with Crippen LogP contribution >= 0.6 is 0 Å². The number of carbonyl (C=O) groups excluding carboxylic acids is 1. The number of aryl methyl sites for hydroxylation is 1. The highest BCUT2D eigenvalue weighted by atomic mass is 16.3. The van der Waals surface area contributed by atoms with Crippen LogP contribution in [0.2, 0.25) is 0 Å². The molecule has 0 radical (unpaired) electrons. The zero-order valence-corrected chi connectivity index (χ0v) is 12.5. The normalized spacial score (nSPS) is 11.9. The Balaban J connectivity index is 1.53. The predicted molar refractivity (Wildman–Crippen MR) is 84.4 cm³/mol. The summed E-state index contributed by atoms with van der Waals surface area (Å²) in [6, 6.07) is 11.7. The van der Waals surface area contributed by atoms with E-state index in [0.29, 0.717) is 19.5 Å². The molecule has 0 aliphatic rings. The second kappa shape index (κ2) is 8.89. The summed E-state index contributed by atoms with van der Waals surface area (Å²) < 4.78 is 4.91. The second-order valence-electron chi connectivity index (χ2n) is 5.13. The summed E-state index contributed by atoms with van der Waals surface area (Å²) in [4.78, 5) is 11.6. The van der Waals surface area contributed by atoms with Gasteiger partial charge in [0, 0.05) is 18.7 Å². The fraction of sp³-hybridized carbons (Fsp3) is 0.353. The topological polar surface area (TPSA) is 74.5 Å². The molecule has 0 saturated carbocycles. The lowest BCUT2D eigenvalue weighted by Crippen LogP contribution is -2.37. The first-order valence-corrected chi connectivity index (χ1v) is 7.51. The van der Waals surface area contributed by atoms with Crippen molar-refractivity contribution in [3.8, 4) is 0 Å². The van der Waals surface area contributed by atoms with Crippen LogP contribution < -0.4 is 10.6 Å². The first-order valence-electron chi connectivity index (χ1n) is 7.51. The summed E-state index contributed by atoms with van der Waals surface area (Å²) in [6.45, 7) is 1.04. The number of aliphatic hydroxyl groups is 1. The molecule has 1 aromatic heterocycles. The lowest BCUT2D eigenvalue weighted by atomic mass is 10.1. The highest BCUT2D eigenvalue weighted by molar-refractivity contribution is 5.73. The quantitative estimate of drug-likeness (QED) is 0.656. The third kappa shape index (κ3) is 5.61. The monoisotopic (exact) mass is 302 g/mol. The molecular weight excluding hydrogens is 280 g/mol. The fourth-order valence-electron chi connectivity index (χ4n) is 2.16. The third-order valence-electron chi connectivity index (χ3n) is 3.40. The minimum absolute atomic E-state index is 0.201. The van der Waals surface area contributed by atoms with Gasteiger partial charge in [-0.3, -0.25) is 0 Å². The smallest absolute Gasteiger partial charge is 0.314 e. The Labute approximate surface area is 130 Å². The molecule has 0 unspecified atom stereocenters. The van der Waals surface area contributed by atoms with Gasteiger partial charge in [0.05, 0.1) is 18.6 Å². The van der Waals surface area contributed by atoms with Gasteiger partial charge >= 0.3 is 6.03 Å². The molecule has 1 aromatic carbocycles. The van der Waals surface area contributed by atoms with Crippen LogP contribution in [0.15, 0.2) is 53.3 Å². The van der Waals surface area contributed by atoms with E-state index in [1.807, 2.05) is 18.2 Å². The van der Waals surface area contributed by atoms with E-state index in [1.54, 1.807) is 6.07 Å². The van der Waals surface area contributed by atoms with E-state index in [4.69, 9.17) is 4.42 Å². The first-order chi connectivity index (χ1) is 10.8. The van der Waals surface area contributed by atoms with Gasteiger partial charge in [0.2, 0.25) is 0 Å². The predicted octanol–water partition coefficient (Wildman–Crippen LogP) is 2.64. The van der Waals surface area contributed by atoms with Gasteiger partial charge < -0.3 is 20.2 Å². The van der Waals surface area contributed by atoms with E-state index in [-0.39, 0.29) is 6.03 Å². The second-order valence-corrected chi connectivity index (χ2v) is 5.13. The number of hydrogen-bond donors (Lipinski definition) is 3. The number of aliphatic hydroxyl groups excluding tert-OH is 1. The summed E-state index contributed by atoms with van der Waals surface area (Å²) in [5, 5.41) is 15.4. The van der Waals surface area contributed by atoms with Gasteiger partial charge in [0.25, 0.3) is 0 Å². The Morgan fingerprint density at radius 3 is 2.64 bits per heavy atom. The highest BCUT2D eigenvalue weighted by Crippen LogP contribution is 2.15. The molecule has 2 rings (SSSR count). The number of hydrogen-bond acceptors (Lipinski definition) is 3. The van der Waals surface area contributed by atoms with E-state index in [1.165, 1.54) is 18.1 Å². The number of rotatable bonds is 8. The van der Waals surface area contributed by atoms with E-state index in [0.717, 1.165) is 18.4 Å². The van der Waals surface area contributed by atoms with Gasteiger partial charge in [-0.25, -0.2) is 4.79 Å². The van der Waals surface area contributed by atoms with Crippen molar-refractivity contribution in [3.05, 3.63) is 60.1 Å². The van der Waals surface area contributed by atoms with Crippen molar-refractivity contribution in [1.29, 1.82) is 0 Å². The zero-order chi connectivity index (χ0) is 15.6. The van der Waals surface area contributed by atoms with Crippen LogP contribution in [0.3, 0.4) is 0 Å². The number of carbonyl (C=O) groups is 1. The molecule has 5 nitrogen and oxygen atoms in total. The lowest BCUT2D eigenvalue weighted by molar-refractivity contribution is 0.166. The van der Waals surface area contributed by atoms with Gasteiger partial charge in [0.15, 0.2) is 0 Å². The molecule has 1 heterocycles. The van der Waals surface area contributed by atoms with Crippen molar-refractivity contribution in [1.82, 2.24) is 10.6 Å². The van der Waals surface area contributed by atoms with Crippen molar-refractivity contribution in [3.63, 3.8) is 0 Å².